The number of nitrogens with zero attached hydrogens (tertiary/aromatic N) is 6. The Balaban J connectivity index is 1.64. The molecule has 0 spiro atoms. The number of rotatable bonds is 8. The van der Waals surface area contributed by atoms with Crippen molar-refractivity contribution in [2.45, 2.75) is 65.3 Å². The van der Waals surface area contributed by atoms with E-state index in [0.29, 0.717) is 29.9 Å². The first kappa shape index (κ1) is 26.1. The number of piperidine rings is 1. The van der Waals surface area contributed by atoms with E-state index >= 15 is 0 Å². The largest absolute Gasteiger partial charge is 0.476 e. The van der Waals surface area contributed by atoms with E-state index in [-0.39, 0.29) is 0 Å². The Kier molecular flexibility index (Phi) is 7.72. The van der Waals surface area contributed by atoms with Crippen LogP contribution in [-0.4, -0.2) is 39.4 Å². The normalized spacial score (nSPS) is 15.7. The lowest BCUT2D eigenvalue weighted by molar-refractivity contribution is 0.325. The van der Waals surface area contributed by atoms with Crippen LogP contribution >= 0.6 is 0 Å². The number of nitrogens with one attached hydrogen (secondary N) is 1. The van der Waals surface area contributed by atoms with Gasteiger partial charge in [0.1, 0.15) is 5.69 Å². The summed E-state index contributed by atoms with van der Waals surface area (Å²) in [5.41, 5.74) is 5.97. The Morgan fingerprint density at radius 3 is 2.76 bits per heavy atom. The minimum Gasteiger partial charge on any atom is -0.476 e. The highest BCUT2D eigenvalue weighted by Gasteiger charge is 2.24. The fourth-order valence-corrected chi connectivity index (χ4v) is 4.53. The van der Waals surface area contributed by atoms with Crippen molar-refractivity contribution in [3.05, 3.63) is 60.3 Å². The highest BCUT2D eigenvalue weighted by atomic mass is 16.5. The maximum absolute atomic E-state index is 9.46. The van der Waals surface area contributed by atoms with Gasteiger partial charge in [-0.25, -0.2) is 4.98 Å². The van der Waals surface area contributed by atoms with Crippen molar-refractivity contribution in [2.24, 2.45) is 0 Å². The molecule has 0 bridgehead atoms. The number of hydrogen-bond donors (Lipinski definition) is 1. The van der Waals surface area contributed by atoms with Gasteiger partial charge in [0.2, 0.25) is 5.88 Å². The van der Waals surface area contributed by atoms with Gasteiger partial charge >= 0.3 is 0 Å². The van der Waals surface area contributed by atoms with Crippen molar-refractivity contribution in [2.75, 3.05) is 23.4 Å². The van der Waals surface area contributed by atoms with E-state index in [1.54, 1.807) is 12.4 Å². The van der Waals surface area contributed by atoms with Crippen LogP contribution in [0.2, 0.25) is 0 Å². The molecule has 1 unspecified atom stereocenters. The van der Waals surface area contributed by atoms with E-state index in [9.17, 15) is 5.26 Å². The van der Waals surface area contributed by atoms with E-state index in [0.717, 1.165) is 46.7 Å². The summed E-state index contributed by atoms with van der Waals surface area (Å²) in [4.78, 5) is 11.8. The molecule has 192 valence electrons. The molecule has 3 aromatic rings. The van der Waals surface area contributed by atoms with Gasteiger partial charge < -0.3 is 15.0 Å². The molecule has 0 saturated carbocycles. The molecule has 37 heavy (non-hydrogen) atoms. The van der Waals surface area contributed by atoms with E-state index in [1.165, 1.54) is 12.8 Å². The van der Waals surface area contributed by atoms with Gasteiger partial charge in [-0.3, -0.25) is 4.98 Å². The molecule has 8 nitrogen and oxygen atoms in total. The van der Waals surface area contributed by atoms with Crippen molar-refractivity contribution in [1.29, 1.82) is 5.26 Å². The van der Waals surface area contributed by atoms with Crippen LogP contribution in [-0.2, 0) is 5.41 Å². The Labute approximate surface area is 219 Å². The maximum Gasteiger partial charge on any atom is 0.237 e. The highest BCUT2D eigenvalue weighted by molar-refractivity contribution is 5.79. The highest BCUT2D eigenvalue weighted by Crippen LogP contribution is 2.36. The SMILES string of the molecule is C=C(Nc1cnc(C)c(-c2cnc(OCC)c(N3CCCCC3C)c2)c1)c1cnnc(C(C)(C)C#N)c1. The molecule has 4 heterocycles. The van der Waals surface area contributed by atoms with Gasteiger partial charge in [-0.1, -0.05) is 6.58 Å². The standard InChI is InChI=1S/C29H35N7O/c1-7-37-28-26(36-11-9-8-10-19(36)2)12-23(15-32-28)25-14-24(17-31-21(25)4)34-20(3)22-13-27(35-33-16-22)29(5,6)18-30/h12-17,19,34H,3,7-11H2,1-2,4-6H3. The molecular formula is C29H35N7O. The lowest BCUT2D eigenvalue weighted by Gasteiger charge is -2.36. The predicted molar refractivity (Wildman–Crippen MR) is 147 cm³/mol. The second-order valence-corrected chi connectivity index (χ2v) is 10.0. The van der Waals surface area contributed by atoms with Crippen LogP contribution in [0.3, 0.4) is 0 Å². The number of pyridine rings is 2. The summed E-state index contributed by atoms with van der Waals surface area (Å²) in [5.74, 6) is 0.676. The molecule has 0 radical (unpaired) electrons. The van der Waals surface area contributed by atoms with Crippen molar-refractivity contribution in [1.82, 2.24) is 20.2 Å². The predicted octanol–water partition coefficient (Wildman–Crippen LogP) is 5.90. The second kappa shape index (κ2) is 11.0. The van der Waals surface area contributed by atoms with E-state index in [2.05, 4.69) is 57.1 Å². The molecule has 8 heteroatoms. The first-order chi connectivity index (χ1) is 17.7. The molecule has 0 aliphatic carbocycles. The summed E-state index contributed by atoms with van der Waals surface area (Å²) in [7, 11) is 0. The summed E-state index contributed by atoms with van der Waals surface area (Å²) >= 11 is 0. The van der Waals surface area contributed by atoms with Crippen LogP contribution in [0, 0.1) is 18.3 Å². The molecule has 1 N–H and O–H groups in total. The maximum atomic E-state index is 9.46. The molecule has 0 amide bonds. The number of nitriles is 1. The Hall–Kier alpha value is -3.99. The topological polar surface area (TPSA) is 99.8 Å². The zero-order valence-electron chi connectivity index (χ0n) is 22.4. The summed E-state index contributed by atoms with van der Waals surface area (Å²) in [6.07, 6.45) is 8.85. The van der Waals surface area contributed by atoms with Gasteiger partial charge in [0.05, 0.1) is 41.9 Å². The minimum atomic E-state index is -0.744. The Morgan fingerprint density at radius 2 is 2.03 bits per heavy atom. The fourth-order valence-electron chi connectivity index (χ4n) is 4.53. The Bertz CT molecular complexity index is 1330. The van der Waals surface area contributed by atoms with Crippen molar-refractivity contribution in [3.8, 4) is 23.1 Å². The second-order valence-electron chi connectivity index (χ2n) is 10.0. The molecule has 4 rings (SSSR count). The summed E-state index contributed by atoms with van der Waals surface area (Å²) in [5, 5.41) is 21.0. The summed E-state index contributed by atoms with van der Waals surface area (Å²) < 4.78 is 5.90. The minimum absolute atomic E-state index is 0.436. The zero-order valence-corrected chi connectivity index (χ0v) is 22.4. The van der Waals surface area contributed by atoms with Crippen molar-refractivity contribution < 1.29 is 4.74 Å². The van der Waals surface area contributed by atoms with E-state index in [4.69, 9.17) is 9.72 Å². The van der Waals surface area contributed by atoms with Crippen LogP contribution in [0.15, 0.2) is 43.4 Å². The summed E-state index contributed by atoms with van der Waals surface area (Å²) in [6.45, 7) is 15.6. The Morgan fingerprint density at radius 1 is 1.22 bits per heavy atom. The smallest absolute Gasteiger partial charge is 0.237 e. The monoisotopic (exact) mass is 497 g/mol. The van der Waals surface area contributed by atoms with Gasteiger partial charge in [-0.2, -0.15) is 15.5 Å². The van der Waals surface area contributed by atoms with Crippen LogP contribution in [0.25, 0.3) is 16.8 Å². The number of ether oxygens (including phenoxy) is 1. The first-order valence-corrected chi connectivity index (χ1v) is 12.8. The van der Waals surface area contributed by atoms with Crippen LogP contribution in [0.1, 0.15) is 63.9 Å². The quantitative estimate of drug-likeness (QED) is 0.410. The number of aromatic nitrogens is 4. The van der Waals surface area contributed by atoms with E-state index in [1.807, 2.05) is 40.0 Å². The molecule has 1 fully saturated rings. The fraction of sp³-hybridized carbons (Fsp3) is 0.414. The number of aryl methyl sites for hydroxylation is 1. The average Bonchev–Trinajstić information content (AvgIpc) is 2.90. The zero-order chi connectivity index (χ0) is 26.6. The van der Waals surface area contributed by atoms with Crippen LogP contribution in [0.4, 0.5) is 11.4 Å². The molecule has 1 saturated heterocycles. The van der Waals surface area contributed by atoms with Crippen LogP contribution in [0.5, 0.6) is 5.88 Å². The van der Waals surface area contributed by atoms with E-state index < -0.39 is 5.41 Å². The summed E-state index contributed by atoms with van der Waals surface area (Å²) in [6, 6.07) is 8.78. The molecule has 1 aliphatic heterocycles. The van der Waals surface area contributed by atoms with Crippen molar-refractivity contribution >= 4 is 17.1 Å². The lowest BCUT2D eigenvalue weighted by atomic mass is 9.90. The van der Waals surface area contributed by atoms with Gasteiger partial charge in [-0.05, 0) is 72.1 Å². The van der Waals surface area contributed by atoms with Gasteiger partial charge in [0.25, 0.3) is 0 Å². The van der Waals surface area contributed by atoms with Crippen molar-refractivity contribution in [3.63, 3.8) is 0 Å². The van der Waals surface area contributed by atoms with Gasteiger partial charge in [0, 0.05) is 46.9 Å². The molecule has 0 aromatic carbocycles. The molecule has 3 aromatic heterocycles. The number of anilines is 2. The lowest BCUT2D eigenvalue weighted by Crippen LogP contribution is -2.37. The average molecular weight is 498 g/mol. The molecule has 1 atom stereocenters. The molecule has 1 aliphatic rings. The van der Waals surface area contributed by atoms with Gasteiger partial charge in [0.15, 0.2) is 0 Å². The number of hydrogen-bond acceptors (Lipinski definition) is 8. The third-order valence-corrected chi connectivity index (χ3v) is 6.84. The third kappa shape index (κ3) is 5.72. The van der Waals surface area contributed by atoms with Gasteiger partial charge in [-0.15, -0.1) is 0 Å². The molecular weight excluding hydrogens is 462 g/mol. The van der Waals surface area contributed by atoms with Crippen LogP contribution < -0.4 is 15.0 Å². The third-order valence-electron chi connectivity index (χ3n) is 6.84. The first-order valence-electron chi connectivity index (χ1n) is 12.8.